The second-order valence-electron chi connectivity index (χ2n) is 6.44. The first-order chi connectivity index (χ1) is 13.9. The summed E-state index contributed by atoms with van der Waals surface area (Å²) >= 11 is 0. The smallest absolute Gasteiger partial charge is 0.392 e. The number of rotatable bonds is 5. The maximum Gasteiger partial charge on any atom is 0.471 e. The molecular weight excluding hydrogens is 387 g/mol. The van der Waals surface area contributed by atoms with E-state index in [1.165, 1.54) is 12.3 Å². The van der Waals surface area contributed by atoms with E-state index >= 15 is 0 Å². The van der Waals surface area contributed by atoms with Crippen LogP contribution in [0.4, 0.5) is 13.2 Å². The van der Waals surface area contributed by atoms with Gasteiger partial charge in [-0.1, -0.05) is 12.1 Å². The van der Waals surface area contributed by atoms with Crippen LogP contribution in [0.15, 0.2) is 41.3 Å². The van der Waals surface area contributed by atoms with Crippen molar-refractivity contribution in [2.24, 2.45) is 0 Å². The maximum absolute atomic E-state index is 12.7. The fourth-order valence-electron chi connectivity index (χ4n) is 3.12. The third kappa shape index (κ3) is 3.58. The molecule has 4 aromatic heterocycles. The summed E-state index contributed by atoms with van der Waals surface area (Å²) in [5, 5.41) is 13.9. The number of hydrogen-bond acceptors (Lipinski definition) is 6. The Morgan fingerprint density at radius 3 is 2.66 bits per heavy atom. The van der Waals surface area contributed by atoms with Gasteiger partial charge in [-0.2, -0.15) is 18.2 Å². The molecule has 0 spiro atoms. The number of pyridine rings is 2. The zero-order chi connectivity index (χ0) is 20.6. The minimum absolute atomic E-state index is 0.118. The largest absolute Gasteiger partial charge is 0.471 e. The minimum atomic E-state index is -4.71. The number of halogens is 3. The summed E-state index contributed by atoms with van der Waals surface area (Å²) in [7, 11) is 0. The van der Waals surface area contributed by atoms with Gasteiger partial charge in [-0.25, -0.2) is 0 Å². The summed E-state index contributed by atoms with van der Waals surface area (Å²) < 4.78 is 44.4. The third-order valence-electron chi connectivity index (χ3n) is 4.43. The highest BCUT2D eigenvalue weighted by atomic mass is 19.4. The number of hydrogen-bond donors (Lipinski definition) is 1. The Kier molecular flexibility index (Phi) is 4.79. The third-order valence-corrected chi connectivity index (χ3v) is 4.43. The number of aliphatic hydroxyl groups excluding tert-OH is 1. The van der Waals surface area contributed by atoms with Gasteiger partial charge in [-0.05, 0) is 24.6 Å². The van der Waals surface area contributed by atoms with Gasteiger partial charge in [0.15, 0.2) is 0 Å². The van der Waals surface area contributed by atoms with Gasteiger partial charge in [0.05, 0.1) is 29.7 Å². The number of aromatic nitrogens is 5. The predicted octanol–water partition coefficient (Wildman–Crippen LogP) is 4.07. The SMILES string of the molecule is CCCn1cc(CO)c2cc(-c3cc(-c4noc(C(F)(F)F)n4)ccn3)ncc21. The van der Waals surface area contributed by atoms with Crippen LogP contribution in [-0.4, -0.2) is 29.8 Å². The molecule has 0 amide bonds. The number of alkyl halides is 3. The topological polar surface area (TPSA) is 89.9 Å². The predicted molar refractivity (Wildman–Crippen MR) is 97.5 cm³/mol. The summed E-state index contributed by atoms with van der Waals surface area (Å²) in [4.78, 5) is 12.1. The van der Waals surface area contributed by atoms with Crippen molar-refractivity contribution in [2.45, 2.75) is 32.7 Å². The molecule has 4 rings (SSSR count). The first-order valence-corrected chi connectivity index (χ1v) is 8.87. The number of fused-ring (bicyclic) bond motifs is 1. The van der Waals surface area contributed by atoms with Crippen molar-refractivity contribution >= 4 is 10.9 Å². The maximum atomic E-state index is 12.7. The summed E-state index contributed by atoms with van der Waals surface area (Å²) in [6, 6.07) is 4.83. The van der Waals surface area contributed by atoms with Crippen molar-refractivity contribution in [1.82, 2.24) is 24.7 Å². The van der Waals surface area contributed by atoms with Crippen molar-refractivity contribution in [1.29, 1.82) is 0 Å². The molecule has 0 atom stereocenters. The molecule has 1 N–H and O–H groups in total. The second kappa shape index (κ2) is 7.28. The Labute approximate surface area is 162 Å². The second-order valence-corrected chi connectivity index (χ2v) is 6.44. The van der Waals surface area contributed by atoms with Crippen LogP contribution in [-0.2, 0) is 19.3 Å². The minimum Gasteiger partial charge on any atom is -0.392 e. The van der Waals surface area contributed by atoms with Crippen LogP contribution < -0.4 is 0 Å². The van der Waals surface area contributed by atoms with Crippen molar-refractivity contribution in [2.75, 3.05) is 0 Å². The molecule has 0 aliphatic rings. The van der Waals surface area contributed by atoms with Crippen LogP contribution >= 0.6 is 0 Å². The summed E-state index contributed by atoms with van der Waals surface area (Å²) in [6.07, 6.45) is 1.26. The molecule has 0 fully saturated rings. The molecule has 4 heterocycles. The van der Waals surface area contributed by atoms with E-state index in [-0.39, 0.29) is 12.4 Å². The lowest BCUT2D eigenvalue weighted by Crippen LogP contribution is -2.04. The fourth-order valence-corrected chi connectivity index (χ4v) is 3.12. The zero-order valence-corrected chi connectivity index (χ0v) is 15.3. The van der Waals surface area contributed by atoms with Gasteiger partial charge in [0.1, 0.15) is 0 Å². The average molecular weight is 403 g/mol. The summed E-state index contributed by atoms with van der Waals surface area (Å²) in [5.74, 6) is -1.59. The molecule has 10 heteroatoms. The molecule has 0 radical (unpaired) electrons. The van der Waals surface area contributed by atoms with E-state index in [1.807, 2.05) is 10.8 Å². The average Bonchev–Trinajstić information content (AvgIpc) is 3.33. The first-order valence-electron chi connectivity index (χ1n) is 8.87. The molecule has 0 bridgehead atoms. The Balaban J connectivity index is 1.75. The monoisotopic (exact) mass is 403 g/mol. The standard InChI is InChI=1S/C19H16F3N5O2/c1-2-5-27-9-12(10-28)13-7-15(24-8-16(13)27)14-6-11(3-4-23-14)17-25-18(29-26-17)19(20,21)22/h3-4,6-9,28H,2,5,10H2,1H3. The van der Waals surface area contributed by atoms with Crippen LogP contribution in [0, 0.1) is 0 Å². The highest BCUT2D eigenvalue weighted by Gasteiger charge is 2.38. The van der Waals surface area contributed by atoms with Gasteiger partial charge in [0.2, 0.25) is 5.82 Å². The Bertz CT molecular complexity index is 1170. The molecule has 29 heavy (non-hydrogen) atoms. The van der Waals surface area contributed by atoms with E-state index in [1.54, 1.807) is 18.3 Å². The van der Waals surface area contributed by atoms with Crippen molar-refractivity contribution in [3.8, 4) is 22.8 Å². The van der Waals surface area contributed by atoms with E-state index in [0.29, 0.717) is 17.0 Å². The van der Waals surface area contributed by atoms with Gasteiger partial charge >= 0.3 is 12.1 Å². The molecule has 150 valence electrons. The molecule has 4 aromatic rings. The van der Waals surface area contributed by atoms with Crippen molar-refractivity contribution in [3.63, 3.8) is 0 Å². The molecule has 0 aliphatic heterocycles. The molecule has 7 nitrogen and oxygen atoms in total. The van der Waals surface area contributed by atoms with Crippen LogP contribution in [0.25, 0.3) is 33.7 Å². The summed E-state index contributed by atoms with van der Waals surface area (Å²) in [6.45, 7) is 2.74. The Morgan fingerprint density at radius 1 is 1.17 bits per heavy atom. The fraction of sp³-hybridized carbons (Fsp3) is 0.263. The van der Waals surface area contributed by atoms with Crippen LogP contribution in [0.2, 0.25) is 0 Å². The molecule has 0 saturated carbocycles. The molecule has 0 saturated heterocycles. The van der Waals surface area contributed by atoms with Crippen molar-refractivity contribution in [3.05, 3.63) is 48.2 Å². The number of nitrogens with zero attached hydrogens (tertiary/aromatic N) is 5. The number of aryl methyl sites for hydroxylation is 1. The Hall–Kier alpha value is -3.27. The van der Waals surface area contributed by atoms with Gasteiger partial charge in [0, 0.05) is 35.5 Å². The normalized spacial score (nSPS) is 12.0. The molecular formula is C19H16F3N5O2. The van der Waals surface area contributed by atoms with Gasteiger partial charge in [0.25, 0.3) is 0 Å². The molecule has 0 unspecified atom stereocenters. The van der Waals surface area contributed by atoms with E-state index in [4.69, 9.17) is 0 Å². The zero-order valence-electron chi connectivity index (χ0n) is 15.3. The van der Waals surface area contributed by atoms with E-state index in [9.17, 15) is 18.3 Å². The quantitative estimate of drug-likeness (QED) is 0.540. The van der Waals surface area contributed by atoms with E-state index in [2.05, 4.69) is 31.6 Å². The number of aliphatic hydroxyl groups is 1. The lowest BCUT2D eigenvalue weighted by atomic mass is 10.1. The summed E-state index contributed by atoms with van der Waals surface area (Å²) in [5.41, 5.74) is 2.94. The lowest BCUT2D eigenvalue weighted by Gasteiger charge is -2.05. The highest BCUT2D eigenvalue weighted by molar-refractivity contribution is 5.86. The van der Waals surface area contributed by atoms with Gasteiger partial charge in [-0.3, -0.25) is 9.97 Å². The van der Waals surface area contributed by atoms with Crippen LogP contribution in [0.3, 0.4) is 0 Å². The van der Waals surface area contributed by atoms with E-state index < -0.39 is 12.1 Å². The van der Waals surface area contributed by atoms with Crippen LogP contribution in [0.5, 0.6) is 0 Å². The van der Waals surface area contributed by atoms with E-state index in [0.717, 1.165) is 29.4 Å². The van der Waals surface area contributed by atoms with Gasteiger partial charge < -0.3 is 14.2 Å². The highest BCUT2D eigenvalue weighted by Crippen LogP contribution is 2.31. The molecule has 0 aliphatic carbocycles. The Morgan fingerprint density at radius 2 is 1.97 bits per heavy atom. The van der Waals surface area contributed by atoms with Gasteiger partial charge in [-0.15, -0.1) is 0 Å². The molecule has 0 aromatic carbocycles. The lowest BCUT2D eigenvalue weighted by molar-refractivity contribution is -0.159. The van der Waals surface area contributed by atoms with Crippen LogP contribution in [0.1, 0.15) is 24.8 Å². The first kappa shape index (κ1) is 19.1. The van der Waals surface area contributed by atoms with Crippen molar-refractivity contribution < 1.29 is 22.8 Å².